The quantitative estimate of drug-likeness (QED) is 0.522. The van der Waals surface area contributed by atoms with Gasteiger partial charge in [-0.05, 0) is 18.5 Å². The van der Waals surface area contributed by atoms with Crippen LogP contribution in [-0.4, -0.2) is 22.5 Å². The van der Waals surface area contributed by atoms with Gasteiger partial charge in [0.2, 0.25) is 0 Å². The van der Waals surface area contributed by atoms with Gasteiger partial charge in [0.15, 0.2) is 0 Å². The maximum atomic E-state index is 9.38. The first kappa shape index (κ1) is 11.5. The zero-order chi connectivity index (χ0) is 9.56. The molecule has 0 aromatic rings. The number of hydrogen-bond donors (Lipinski definition) is 3. The average molecular weight is 173 g/mol. The average Bonchev–Trinajstić information content (AvgIpc) is 1.84. The molecule has 0 aliphatic heterocycles. The van der Waals surface area contributed by atoms with Crippen molar-refractivity contribution in [3.63, 3.8) is 0 Å². The highest BCUT2D eigenvalue weighted by atomic mass is 16.3. The van der Waals surface area contributed by atoms with Gasteiger partial charge in [-0.25, -0.2) is 0 Å². The first-order chi connectivity index (χ1) is 5.56. The fraction of sp³-hybridized carbons (Fsp3) is 0.778. The third kappa shape index (κ3) is 6.19. The van der Waals surface area contributed by atoms with Crippen LogP contribution in [0.15, 0.2) is 12.8 Å². The Bertz CT molecular complexity index is 126. The van der Waals surface area contributed by atoms with Crippen molar-refractivity contribution in [3.8, 4) is 0 Å². The Morgan fingerprint density at radius 2 is 1.92 bits per heavy atom. The van der Waals surface area contributed by atoms with Gasteiger partial charge in [0, 0.05) is 6.42 Å². The van der Waals surface area contributed by atoms with E-state index in [-0.39, 0.29) is 0 Å². The fourth-order valence-electron chi connectivity index (χ4n) is 1.10. The van der Waals surface area contributed by atoms with E-state index in [1.54, 1.807) is 0 Å². The Morgan fingerprint density at radius 3 is 2.33 bits per heavy atom. The molecule has 0 aromatic heterocycles. The molecule has 0 aliphatic carbocycles. The van der Waals surface area contributed by atoms with Crippen LogP contribution in [-0.2, 0) is 0 Å². The van der Waals surface area contributed by atoms with Crippen molar-refractivity contribution < 1.29 is 10.2 Å². The van der Waals surface area contributed by atoms with E-state index in [9.17, 15) is 10.2 Å². The van der Waals surface area contributed by atoms with Crippen LogP contribution < -0.4 is 5.32 Å². The van der Waals surface area contributed by atoms with E-state index in [2.05, 4.69) is 11.9 Å². The summed E-state index contributed by atoms with van der Waals surface area (Å²) in [6, 6.07) is 0. The normalized spacial score (nSPS) is 15.8. The van der Waals surface area contributed by atoms with Gasteiger partial charge in [0.25, 0.3) is 0 Å². The van der Waals surface area contributed by atoms with Gasteiger partial charge in [0.05, 0.1) is 6.10 Å². The Balaban J connectivity index is 3.53. The van der Waals surface area contributed by atoms with E-state index in [0.717, 1.165) is 6.42 Å². The standard InChI is InChI=1S/C9H19NO2/c1-4-10-9(12)6-8(11)5-7(2)3/h4,7-12H,1,5-6H2,2-3H3/t8-,9+/m0/s1. The molecule has 3 nitrogen and oxygen atoms in total. The van der Waals surface area contributed by atoms with Crippen LogP contribution in [0.3, 0.4) is 0 Å². The monoisotopic (exact) mass is 173 g/mol. The summed E-state index contributed by atoms with van der Waals surface area (Å²) in [6.07, 6.45) is 1.37. The van der Waals surface area contributed by atoms with Gasteiger partial charge < -0.3 is 15.5 Å². The SMILES string of the molecule is C=CN[C@H](O)C[C@@H](O)CC(C)C. The van der Waals surface area contributed by atoms with Crippen molar-refractivity contribution in [2.75, 3.05) is 0 Å². The van der Waals surface area contributed by atoms with Crippen LogP contribution in [0, 0.1) is 5.92 Å². The molecule has 0 spiro atoms. The number of aliphatic hydroxyl groups excluding tert-OH is 2. The summed E-state index contributed by atoms with van der Waals surface area (Å²) >= 11 is 0. The molecule has 0 aromatic carbocycles. The second-order valence-electron chi connectivity index (χ2n) is 3.41. The third-order valence-electron chi connectivity index (χ3n) is 1.55. The lowest BCUT2D eigenvalue weighted by Crippen LogP contribution is -2.29. The van der Waals surface area contributed by atoms with Crippen molar-refractivity contribution in [1.29, 1.82) is 0 Å². The summed E-state index contributed by atoms with van der Waals surface area (Å²) in [5.41, 5.74) is 0. The van der Waals surface area contributed by atoms with E-state index >= 15 is 0 Å². The van der Waals surface area contributed by atoms with Crippen LogP contribution in [0.4, 0.5) is 0 Å². The molecule has 3 heteroatoms. The lowest BCUT2D eigenvalue weighted by Gasteiger charge is -2.16. The highest BCUT2D eigenvalue weighted by Crippen LogP contribution is 2.08. The van der Waals surface area contributed by atoms with Gasteiger partial charge in [-0.2, -0.15) is 0 Å². The molecule has 0 heterocycles. The van der Waals surface area contributed by atoms with Crippen LogP contribution in [0.25, 0.3) is 0 Å². The van der Waals surface area contributed by atoms with Crippen LogP contribution in [0.1, 0.15) is 26.7 Å². The molecule has 0 unspecified atom stereocenters. The molecule has 12 heavy (non-hydrogen) atoms. The minimum atomic E-state index is -0.684. The molecule has 72 valence electrons. The number of aliphatic hydroxyl groups is 2. The molecule has 0 radical (unpaired) electrons. The molecule has 0 rings (SSSR count). The molecule has 0 aliphatic rings. The summed E-state index contributed by atoms with van der Waals surface area (Å²) in [7, 11) is 0. The first-order valence-electron chi connectivity index (χ1n) is 4.29. The van der Waals surface area contributed by atoms with Crippen molar-refractivity contribution in [1.82, 2.24) is 5.32 Å². The first-order valence-corrected chi connectivity index (χ1v) is 4.29. The molecule has 0 bridgehead atoms. The predicted octanol–water partition coefficient (Wildman–Crippen LogP) is 0.835. The van der Waals surface area contributed by atoms with Crippen LogP contribution >= 0.6 is 0 Å². The minimum Gasteiger partial charge on any atom is -0.393 e. The van der Waals surface area contributed by atoms with Crippen molar-refractivity contribution in [2.45, 2.75) is 39.0 Å². The third-order valence-corrected chi connectivity index (χ3v) is 1.55. The Hall–Kier alpha value is -0.540. The molecule has 0 fully saturated rings. The maximum absolute atomic E-state index is 9.38. The lowest BCUT2D eigenvalue weighted by molar-refractivity contribution is 0.0583. The molecular weight excluding hydrogens is 154 g/mol. The molecule has 0 amide bonds. The lowest BCUT2D eigenvalue weighted by atomic mass is 10.0. The van der Waals surface area contributed by atoms with Gasteiger partial charge >= 0.3 is 0 Å². The minimum absolute atomic E-state index is 0.351. The highest BCUT2D eigenvalue weighted by Gasteiger charge is 2.11. The second-order valence-corrected chi connectivity index (χ2v) is 3.41. The van der Waals surface area contributed by atoms with E-state index in [4.69, 9.17) is 0 Å². The second kappa shape index (κ2) is 6.03. The van der Waals surface area contributed by atoms with Crippen LogP contribution in [0.5, 0.6) is 0 Å². The van der Waals surface area contributed by atoms with Crippen molar-refractivity contribution in [3.05, 3.63) is 12.8 Å². The Morgan fingerprint density at radius 1 is 1.33 bits per heavy atom. The van der Waals surface area contributed by atoms with Crippen LogP contribution in [0.2, 0.25) is 0 Å². The van der Waals surface area contributed by atoms with E-state index in [1.165, 1.54) is 6.20 Å². The zero-order valence-electron chi connectivity index (χ0n) is 7.83. The zero-order valence-corrected chi connectivity index (χ0v) is 7.83. The smallest absolute Gasteiger partial charge is 0.126 e. The number of rotatable bonds is 6. The largest absolute Gasteiger partial charge is 0.393 e. The van der Waals surface area contributed by atoms with Gasteiger partial charge in [-0.3, -0.25) is 0 Å². The molecule has 3 N–H and O–H groups in total. The molecule has 2 atom stereocenters. The molecule has 0 saturated heterocycles. The summed E-state index contributed by atoms with van der Waals surface area (Å²) in [5.74, 6) is 0.455. The van der Waals surface area contributed by atoms with Crippen molar-refractivity contribution in [2.24, 2.45) is 5.92 Å². The topological polar surface area (TPSA) is 52.5 Å². The number of nitrogens with one attached hydrogen (secondary N) is 1. The van der Waals surface area contributed by atoms with Crippen molar-refractivity contribution >= 4 is 0 Å². The Kier molecular flexibility index (Phi) is 5.76. The van der Waals surface area contributed by atoms with Gasteiger partial charge in [0.1, 0.15) is 6.23 Å². The molecular formula is C9H19NO2. The summed E-state index contributed by atoms with van der Waals surface area (Å²) in [4.78, 5) is 0. The van der Waals surface area contributed by atoms with E-state index in [1.807, 2.05) is 13.8 Å². The summed E-state index contributed by atoms with van der Waals surface area (Å²) in [5, 5.41) is 21.2. The van der Waals surface area contributed by atoms with Gasteiger partial charge in [-0.1, -0.05) is 20.4 Å². The predicted molar refractivity (Wildman–Crippen MR) is 49.4 cm³/mol. The number of hydrogen-bond acceptors (Lipinski definition) is 3. The summed E-state index contributed by atoms with van der Waals surface area (Å²) in [6.45, 7) is 7.49. The molecule has 0 saturated carbocycles. The summed E-state index contributed by atoms with van der Waals surface area (Å²) < 4.78 is 0. The van der Waals surface area contributed by atoms with E-state index < -0.39 is 12.3 Å². The van der Waals surface area contributed by atoms with E-state index in [0.29, 0.717) is 12.3 Å². The maximum Gasteiger partial charge on any atom is 0.126 e. The highest BCUT2D eigenvalue weighted by molar-refractivity contribution is 4.69. The van der Waals surface area contributed by atoms with Gasteiger partial charge in [-0.15, -0.1) is 0 Å². The fourth-order valence-corrected chi connectivity index (χ4v) is 1.10. The Labute approximate surface area is 74.1 Å².